The van der Waals surface area contributed by atoms with Crippen molar-refractivity contribution in [1.82, 2.24) is 34.6 Å². The standard InChI is InChI=1S/C23H24N8O3/c1-14-13-30(10-11-34-14)20(32)19-16-5-4-15(23(2,33)21-25-7-3-8-26-21)12-17(16)31(29-19)18-6-9-27-22(24)28-18/h3-9,12,14,33H,10-11,13H2,1-2H3,(H2,24,27,28)/t14-,23?/m1/s1. The van der Waals surface area contributed by atoms with Gasteiger partial charge in [-0.1, -0.05) is 6.07 Å². The normalized spacial score (nSPS) is 18.1. The van der Waals surface area contributed by atoms with Crippen LogP contribution < -0.4 is 5.73 Å². The number of carbonyl (C=O) groups excluding carboxylic acids is 1. The number of benzene rings is 1. The summed E-state index contributed by atoms with van der Waals surface area (Å²) in [7, 11) is 0. The van der Waals surface area contributed by atoms with Crippen LogP contribution in [0.3, 0.4) is 0 Å². The highest BCUT2D eigenvalue weighted by Gasteiger charge is 2.31. The maximum Gasteiger partial charge on any atom is 0.275 e. The van der Waals surface area contributed by atoms with Gasteiger partial charge >= 0.3 is 0 Å². The van der Waals surface area contributed by atoms with Gasteiger partial charge in [0.2, 0.25) is 5.95 Å². The quantitative estimate of drug-likeness (QED) is 0.460. The first kappa shape index (κ1) is 21.9. The van der Waals surface area contributed by atoms with Gasteiger partial charge in [-0.2, -0.15) is 10.1 Å². The maximum atomic E-state index is 13.4. The number of nitrogen functional groups attached to an aromatic ring is 1. The molecule has 1 aromatic carbocycles. The van der Waals surface area contributed by atoms with Gasteiger partial charge in [-0.05, 0) is 37.6 Å². The molecule has 4 aromatic rings. The van der Waals surface area contributed by atoms with Crippen molar-refractivity contribution in [2.75, 3.05) is 25.4 Å². The fourth-order valence-corrected chi connectivity index (χ4v) is 4.06. The molecule has 1 amide bonds. The highest BCUT2D eigenvalue weighted by Crippen LogP contribution is 2.31. The maximum absolute atomic E-state index is 13.4. The van der Waals surface area contributed by atoms with Gasteiger partial charge in [0.25, 0.3) is 5.91 Å². The van der Waals surface area contributed by atoms with Crippen molar-refractivity contribution < 1.29 is 14.6 Å². The predicted octanol–water partition coefficient (Wildman–Crippen LogP) is 1.30. The number of morpholine rings is 1. The van der Waals surface area contributed by atoms with Crippen LogP contribution in [0.25, 0.3) is 16.7 Å². The summed E-state index contributed by atoms with van der Waals surface area (Å²) in [5.41, 5.74) is 5.73. The van der Waals surface area contributed by atoms with Gasteiger partial charge < -0.3 is 20.5 Å². The van der Waals surface area contributed by atoms with E-state index in [9.17, 15) is 9.90 Å². The summed E-state index contributed by atoms with van der Waals surface area (Å²) < 4.78 is 7.11. The lowest BCUT2D eigenvalue weighted by atomic mass is 9.94. The Balaban J connectivity index is 1.67. The van der Waals surface area contributed by atoms with Gasteiger partial charge in [-0.3, -0.25) is 4.79 Å². The number of anilines is 1. The fourth-order valence-electron chi connectivity index (χ4n) is 4.06. The van der Waals surface area contributed by atoms with Crippen LogP contribution in [0.2, 0.25) is 0 Å². The molecule has 11 nitrogen and oxygen atoms in total. The Morgan fingerprint density at radius 3 is 2.74 bits per heavy atom. The summed E-state index contributed by atoms with van der Waals surface area (Å²) in [5.74, 6) is 0.536. The van der Waals surface area contributed by atoms with E-state index in [1.165, 1.54) is 10.9 Å². The highest BCUT2D eigenvalue weighted by atomic mass is 16.5. The van der Waals surface area contributed by atoms with Crippen LogP contribution in [-0.4, -0.2) is 71.4 Å². The van der Waals surface area contributed by atoms with Crippen LogP contribution in [0.5, 0.6) is 0 Å². The van der Waals surface area contributed by atoms with E-state index in [-0.39, 0.29) is 29.5 Å². The molecule has 34 heavy (non-hydrogen) atoms. The molecule has 2 atom stereocenters. The van der Waals surface area contributed by atoms with Gasteiger partial charge in [-0.15, -0.1) is 0 Å². The zero-order valence-electron chi connectivity index (χ0n) is 18.8. The molecular weight excluding hydrogens is 436 g/mol. The molecule has 0 aliphatic carbocycles. The number of aromatic nitrogens is 6. The van der Waals surface area contributed by atoms with Crippen LogP contribution in [0.1, 0.15) is 35.7 Å². The Morgan fingerprint density at radius 2 is 2.00 bits per heavy atom. The molecule has 5 rings (SSSR count). The molecule has 3 aromatic heterocycles. The first-order valence-corrected chi connectivity index (χ1v) is 10.9. The molecule has 0 radical (unpaired) electrons. The first-order valence-electron chi connectivity index (χ1n) is 10.9. The number of aliphatic hydroxyl groups is 1. The van der Waals surface area contributed by atoms with Crippen molar-refractivity contribution in [3.05, 3.63) is 66.0 Å². The summed E-state index contributed by atoms with van der Waals surface area (Å²) in [5, 5.41) is 16.5. The molecule has 1 fully saturated rings. The second kappa shape index (κ2) is 8.43. The zero-order chi connectivity index (χ0) is 23.9. The van der Waals surface area contributed by atoms with Crippen molar-refractivity contribution in [3.63, 3.8) is 0 Å². The van der Waals surface area contributed by atoms with Crippen LogP contribution in [-0.2, 0) is 10.3 Å². The highest BCUT2D eigenvalue weighted by molar-refractivity contribution is 6.05. The van der Waals surface area contributed by atoms with Crippen molar-refractivity contribution in [2.45, 2.75) is 25.6 Å². The summed E-state index contributed by atoms with van der Waals surface area (Å²) in [6, 6.07) is 8.61. The van der Waals surface area contributed by atoms with Gasteiger partial charge in [0, 0.05) is 43.1 Å². The molecule has 1 aliphatic heterocycles. The molecule has 0 spiro atoms. The smallest absolute Gasteiger partial charge is 0.275 e. The number of rotatable bonds is 4. The lowest BCUT2D eigenvalue weighted by molar-refractivity contribution is -0.0125. The van der Waals surface area contributed by atoms with E-state index in [4.69, 9.17) is 10.5 Å². The second-order valence-electron chi connectivity index (χ2n) is 8.34. The Labute approximate surface area is 195 Å². The third-order valence-corrected chi connectivity index (χ3v) is 5.85. The van der Waals surface area contributed by atoms with E-state index in [1.807, 2.05) is 6.92 Å². The van der Waals surface area contributed by atoms with E-state index in [0.29, 0.717) is 42.0 Å². The Bertz CT molecular complexity index is 1360. The number of nitrogens with zero attached hydrogens (tertiary/aromatic N) is 7. The summed E-state index contributed by atoms with van der Waals surface area (Å²) in [6.07, 6.45) is 4.61. The van der Waals surface area contributed by atoms with E-state index in [2.05, 4.69) is 25.0 Å². The Morgan fingerprint density at radius 1 is 1.21 bits per heavy atom. The predicted molar refractivity (Wildman–Crippen MR) is 123 cm³/mol. The van der Waals surface area contributed by atoms with Crippen molar-refractivity contribution >= 4 is 22.8 Å². The second-order valence-corrected chi connectivity index (χ2v) is 8.34. The number of fused-ring (bicyclic) bond motifs is 1. The molecule has 11 heteroatoms. The van der Waals surface area contributed by atoms with Crippen molar-refractivity contribution in [3.8, 4) is 5.82 Å². The van der Waals surface area contributed by atoms with Crippen molar-refractivity contribution in [1.29, 1.82) is 0 Å². The third-order valence-electron chi connectivity index (χ3n) is 5.85. The van der Waals surface area contributed by atoms with Crippen LogP contribution in [0, 0.1) is 0 Å². The van der Waals surface area contributed by atoms with E-state index in [1.54, 1.807) is 54.5 Å². The third kappa shape index (κ3) is 3.84. The number of hydrogen-bond donors (Lipinski definition) is 2. The van der Waals surface area contributed by atoms with Crippen molar-refractivity contribution in [2.24, 2.45) is 0 Å². The molecular formula is C23H24N8O3. The molecule has 1 saturated heterocycles. The largest absolute Gasteiger partial charge is 0.377 e. The monoisotopic (exact) mass is 460 g/mol. The topological polar surface area (TPSA) is 145 Å². The van der Waals surface area contributed by atoms with Crippen LogP contribution in [0.4, 0.5) is 5.95 Å². The molecule has 4 heterocycles. The van der Waals surface area contributed by atoms with Gasteiger partial charge in [0.1, 0.15) is 5.60 Å². The number of hydrogen-bond acceptors (Lipinski definition) is 9. The molecule has 0 bridgehead atoms. The zero-order valence-corrected chi connectivity index (χ0v) is 18.8. The molecule has 174 valence electrons. The van der Waals surface area contributed by atoms with Gasteiger partial charge in [-0.25, -0.2) is 19.6 Å². The number of ether oxygens (including phenoxy) is 1. The number of carbonyl (C=O) groups is 1. The molecule has 1 unspecified atom stereocenters. The molecule has 0 saturated carbocycles. The summed E-state index contributed by atoms with van der Waals surface area (Å²) in [6.45, 7) is 4.98. The number of amides is 1. The SMILES string of the molecule is C[C@@H]1CN(C(=O)c2nn(-c3ccnc(N)n3)c3cc(C(C)(O)c4ncccn4)ccc23)CCO1. The number of nitrogens with two attached hydrogens (primary N) is 1. The minimum atomic E-state index is -1.47. The lowest BCUT2D eigenvalue weighted by Crippen LogP contribution is -2.44. The minimum absolute atomic E-state index is 0.0553. The van der Waals surface area contributed by atoms with E-state index < -0.39 is 5.60 Å². The van der Waals surface area contributed by atoms with Crippen LogP contribution >= 0.6 is 0 Å². The Kier molecular flexibility index (Phi) is 5.42. The molecule has 3 N–H and O–H groups in total. The first-order chi connectivity index (χ1) is 16.3. The molecule has 1 aliphatic rings. The van der Waals surface area contributed by atoms with E-state index in [0.717, 1.165) is 0 Å². The van der Waals surface area contributed by atoms with Gasteiger partial charge in [0.05, 0.1) is 18.2 Å². The van der Waals surface area contributed by atoms with Crippen LogP contribution in [0.15, 0.2) is 48.9 Å². The minimum Gasteiger partial charge on any atom is -0.377 e. The fraction of sp³-hybridized carbons (Fsp3) is 0.304. The summed E-state index contributed by atoms with van der Waals surface area (Å²) in [4.78, 5) is 31.8. The average molecular weight is 460 g/mol. The Hall–Kier alpha value is -3.96. The van der Waals surface area contributed by atoms with E-state index >= 15 is 0 Å². The van der Waals surface area contributed by atoms with Gasteiger partial charge in [0.15, 0.2) is 17.3 Å². The average Bonchev–Trinajstić information content (AvgIpc) is 3.23. The lowest BCUT2D eigenvalue weighted by Gasteiger charge is -2.30. The summed E-state index contributed by atoms with van der Waals surface area (Å²) >= 11 is 0.